The molecule has 1 amide bonds. The number of amides is 1. The van der Waals surface area contributed by atoms with E-state index in [4.69, 9.17) is 14.9 Å². The smallest absolute Gasteiger partial charge is 0.345 e. The Morgan fingerprint density at radius 3 is 2.71 bits per heavy atom. The molecule has 1 unspecified atom stereocenters. The number of anilines is 1. The van der Waals surface area contributed by atoms with Gasteiger partial charge in [0.15, 0.2) is 11.2 Å². The van der Waals surface area contributed by atoms with Crippen molar-refractivity contribution in [3.63, 3.8) is 0 Å². The Morgan fingerprint density at radius 1 is 1.14 bits per heavy atom. The second kappa shape index (κ2) is 5.24. The van der Waals surface area contributed by atoms with Crippen molar-refractivity contribution in [2.75, 3.05) is 5.32 Å². The Labute approximate surface area is 158 Å². The molecule has 0 radical (unpaired) electrons. The second-order valence-corrected chi connectivity index (χ2v) is 6.74. The van der Waals surface area contributed by atoms with E-state index in [1.807, 2.05) is 19.1 Å². The van der Waals surface area contributed by atoms with Gasteiger partial charge in [-0.05, 0) is 24.6 Å². The first kappa shape index (κ1) is 16.1. The van der Waals surface area contributed by atoms with Crippen LogP contribution in [0.5, 0.6) is 5.75 Å². The van der Waals surface area contributed by atoms with Gasteiger partial charge in [-0.1, -0.05) is 30.3 Å². The highest BCUT2D eigenvalue weighted by atomic mass is 16.5. The van der Waals surface area contributed by atoms with Crippen molar-refractivity contribution in [1.29, 1.82) is 5.26 Å². The zero-order valence-electron chi connectivity index (χ0n) is 14.7. The van der Waals surface area contributed by atoms with Crippen molar-refractivity contribution >= 4 is 22.6 Å². The predicted octanol–water partition coefficient (Wildman–Crippen LogP) is 2.43. The minimum atomic E-state index is -1.72. The second-order valence-electron chi connectivity index (χ2n) is 6.74. The Hall–Kier alpha value is -4.05. The fraction of sp³-hybridized carbons (Fsp3) is 0.0952. The van der Waals surface area contributed by atoms with E-state index < -0.39 is 16.9 Å². The van der Waals surface area contributed by atoms with E-state index in [-0.39, 0.29) is 22.8 Å². The standard InChI is InChI=1S/C21H13N3O4/c1-10-5-4-7-12-16(10)24-20(26)21(12)13(9-22)18(23)28-17-11-6-2-3-8-14(11)27-19(25)15(17)21/h2-8H,23H2,1H3,(H,24,26). The third-order valence-corrected chi connectivity index (χ3v) is 5.34. The molecule has 2 aliphatic rings. The number of para-hydroxylation sites is 2. The molecule has 0 aliphatic carbocycles. The van der Waals surface area contributed by atoms with E-state index in [2.05, 4.69) is 5.32 Å². The van der Waals surface area contributed by atoms with Gasteiger partial charge in [-0.3, -0.25) is 4.79 Å². The largest absolute Gasteiger partial charge is 0.439 e. The Kier molecular flexibility index (Phi) is 3.02. The number of fused-ring (bicyclic) bond motifs is 6. The summed E-state index contributed by atoms with van der Waals surface area (Å²) in [4.78, 5) is 26.4. The molecule has 3 N–H and O–H groups in total. The number of rotatable bonds is 0. The average Bonchev–Trinajstić information content (AvgIpc) is 2.96. The van der Waals surface area contributed by atoms with Crippen LogP contribution < -0.4 is 21.4 Å². The molecule has 7 heteroatoms. The van der Waals surface area contributed by atoms with Crippen molar-refractivity contribution in [3.8, 4) is 11.8 Å². The van der Waals surface area contributed by atoms with Crippen LogP contribution in [0.3, 0.4) is 0 Å². The molecule has 0 bridgehead atoms. The van der Waals surface area contributed by atoms with Crippen LogP contribution >= 0.6 is 0 Å². The molecule has 0 saturated carbocycles. The summed E-state index contributed by atoms with van der Waals surface area (Å²) in [7, 11) is 0. The fourth-order valence-corrected chi connectivity index (χ4v) is 4.13. The SMILES string of the molecule is Cc1cccc2c1NC(=O)C21C(C#N)=C(N)Oc2c1c(=O)oc1ccccc21. The quantitative estimate of drug-likeness (QED) is 0.586. The molecular formula is C21H13N3O4. The van der Waals surface area contributed by atoms with E-state index in [1.54, 1.807) is 36.4 Å². The Bertz CT molecular complexity index is 1350. The van der Waals surface area contributed by atoms with E-state index in [9.17, 15) is 14.9 Å². The lowest BCUT2D eigenvalue weighted by Crippen LogP contribution is -2.45. The van der Waals surface area contributed by atoms with Gasteiger partial charge >= 0.3 is 5.63 Å². The van der Waals surface area contributed by atoms with Crippen molar-refractivity contribution < 1.29 is 13.9 Å². The van der Waals surface area contributed by atoms with Gasteiger partial charge in [0.25, 0.3) is 0 Å². The lowest BCUT2D eigenvalue weighted by atomic mass is 9.69. The highest BCUT2D eigenvalue weighted by Gasteiger charge is 2.59. The predicted molar refractivity (Wildman–Crippen MR) is 101 cm³/mol. The summed E-state index contributed by atoms with van der Waals surface area (Å²) in [6.07, 6.45) is 0. The summed E-state index contributed by atoms with van der Waals surface area (Å²) in [5.41, 5.74) is 5.56. The first-order valence-corrected chi connectivity index (χ1v) is 8.56. The topological polar surface area (TPSA) is 118 Å². The normalized spacial score (nSPS) is 19.8. The molecule has 0 saturated heterocycles. The third kappa shape index (κ3) is 1.71. The number of aryl methyl sites for hydroxylation is 1. The third-order valence-electron chi connectivity index (χ3n) is 5.34. The summed E-state index contributed by atoms with van der Waals surface area (Å²) in [5.74, 6) is -0.619. The van der Waals surface area contributed by atoms with Crippen LogP contribution in [0.25, 0.3) is 11.0 Å². The summed E-state index contributed by atoms with van der Waals surface area (Å²) < 4.78 is 11.2. The minimum Gasteiger partial charge on any atom is -0.439 e. The van der Waals surface area contributed by atoms with Gasteiger partial charge in [0.05, 0.1) is 5.39 Å². The molecular weight excluding hydrogens is 358 g/mol. The molecule has 28 heavy (non-hydrogen) atoms. The zero-order chi connectivity index (χ0) is 19.6. The van der Waals surface area contributed by atoms with Gasteiger partial charge < -0.3 is 20.2 Å². The van der Waals surface area contributed by atoms with Crippen LogP contribution in [-0.2, 0) is 10.2 Å². The highest BCUT2D eigenvalue weighted by molar-refractivity contribution is 6.13. The Morgan fingerprint density at radius 2 is 1.93 bits per heavy atom. The molecule has 3 aromatic rings. The number of hydrogen-bond acceptors (Lipinski definition) is 6. The maximum absolute atomic E-state index is 13.3. The van der Waals surface area contributed by atoms with Crippen LogP contribution in [0.4, 0.5) is 5.69 Å². The van der Waals surface area contributed by atoms with Crippen LogP contribution in [0, 0.1) is 18.3 Å². The van der Waals surface area contributed by atoms with Gasteiger partial charge in [-0.2, -0.15) is 5.26 Å². The molecule has 3 heterocycles. The molecule has 1 spiro atoms. The van der Waals surface area contributed by atoms with E-state index in [0.717, 1.165) is 5.56 Å². The summed E-state index contributed by atoms with van der Waals surface area (Å²) >= 11 is 0. The number of nitrogens with zero attached hydrogens (tertiary/aromatic N) is 1. The first-order valence-electron chi connectivity index (χ1n) is 8.56. The van der Waals surface area contributed by atoms with Crippen LogP contribution in [-0.4, -0.2) is 5.91 Å². The van der Waals surface area contributed by atoms with Gasteiger partial charge in [-0.25, -0.2) is 4.79 Å². The molecule has 1 aromatic heterocycles. The number of benzene rings is 2. The number of hydrogen-bond donors (Lipinski definition) is 2. The van der Waals surface area contributed by atoms with Gasteiger partial charge in [0.1, 0.15) is 22.8 Å². The average molecular weight is 371 g/mol. The van der Waals surface area contributed by atoms with Crippen molar-refractivity contribution in [2.45, 2.75) is 12.3 Å². The molecule has 7 nitrogen and oxygen atoms in total. The van der Waals surface area contributed by atoms with Gasteiger partial charge in [-0.15, -0.1) is 0 Å². The lowest BCUT2D eigenvalue weighted by molar-refractivity contribution is -0.118. The van der Waals surface area contributed by atoms with Crippen molar-refractivity contribution in [3.05, 3.63) is 81.0 Å². The summed E-state index contributed by atoms with van der Waals surface area (Å²) in [6, 6.07) is 14.1. The van der Waals surface area contributed by atoms with Gasteiger partial charge in [0.2, 0.25) is 11.8 Å². The maximum atomic E-state index is 13.3. The number of ether oxygens (including phenoxy) is 1. The number of nitrogens with one attached hydrogen (secondary N) is 1. The molecule has 5 rings (SSSR count). The zero-order valence-corrected chi connectivity index (χ0v) is 14.7. The molecule has 1 atom stereocenters. The van der Waals surface area contributed by atoms with E-state index in [0.29, 0.717) is 22.2 Å². The minimum absolute atomic E-state index is 0.0428. The van der Waals surface area contributed by atoms with Crippen LogP contribution in [0.15, 0.2) is 63.1 Å². The highest BCUT2D eigenvalue weighted by Crippen LogP contribution is 2.53. The van der Waals surface area contributed by atoms with Crippen molar-refractivity contribution in [2.24, 2.45) is 5.73 Å². The molecule has 0 fully saturated rings. The Balaban J connectivity index is 2.03. The maximum Gasteiger partial charge on any atom is 0.345 e. The number of nitriles is 1. The van der Waals surface area contributed by atoms with Gasteiger partial charge in [0, 0.05) is 11.3 Å². The van der Waals surface area contributed by atoms with Crippen LogP contribution in [0.1, 0.15) is 16.7 Å². The first-order chi connectivity index (χ1) is 13.5. The molecule has 2 aliphatic heterocycles. The van der Waals surface area contributed by atoms with E-state index >= 15 is 0 Å². The number of carbonyl (C=O) groups excluding carboxylic acids is 1. The number of nitrogens with two attached hydrogens (primary N) is 1. The molecule has 2 aromatic carbocycles. The molecule has 136 valence electrons. The lowest BCUT2D eigenvalue weighted by Gasteiger charge is -2.32. The van der Waals surface area contributed by atoms with Crippen molar-refractivity contribution in [1.82, 2.24) is 0 Å². The van der Waals surface area contributed by atoms with Crippen LogP contribution in [0.2, 0.25) is 0 Å². The fourth-order valence-electron chi connectivity index (χ4n) is 4.13. The number of carbonyl (C=O) groups is 1. The summed E-state index contributed by atoms with van der Waals surface area (Å²) in [5, 5.41) is 13.2. The van der Waals surface area contributed by atoms with E-state index in [1.165, 1.54) is 0 Å². The summed E-state index contributed by atoms with van der Waals surface area (Å²) in [6.45, 7) is 1.83. The monoisotopic (exact) mass is 371 g/mol.